The summed E-state index contributed by atoms with van der Waals surface area (Å²) in [5, 5.41) is 12.6. The number of hydrogen-bond acceptors (Lipinski definition) is 4. The summed E-state index contributed by atoms with van der Waals surface area (Å²) in [5.74, 6) is -0.498. The molecule has 3 aromatic rings. The van der Waals surface area contributed by atoms with Gasteiger partial charge in [-0.15, -0.1) is 0 Å². The Morgan fingerprint density at radius 2 is 2.00 bits per heavy atom. The van der Waals surface area contributed by atoms with Gasteiger partial charge in [-0.1, -0.05) is 41.6 Å². The van der Waals surface area contributed by atoms with Crippen LogP contribution in [0.5, 0.6) is 0 Å². The van der Waals surface area contributed by atoms with Crippen LogP contribution in [0.4, 0.5) is 0 Å². The zero-order valence-electron chi connectivity index (χ0n) is 10.5. The fraction of sp³-hybridized carbons (Fsp3) is 0.0667. The zero-order chi connectivity index (χ0) is 13.9. The summed E-state index contributed by atoms with van der Waals surface area (Å²) < 4.78 is 5.01. The molecule has 3 rings (SSSR count). The average molecular weight is 268 g/mol. The van der Waals surface area contributed by atoms with Crippen molar-refractivity contribution in [1.29, 1.82) is 0 Å². The molecule has 0 unspecified atom stereocenters. The fourth-order valence-corrected chi connectivity index (χ4v) is 2.11. The molecule has 5 nitrogen and oxygen atoms in total. The molecule has 0 bridgehead atoms. The van der Waals surface area contributed by atoms with Gasteiger partial charge in [-0.3, -0.25) is 4.98 Å². The number of nitrogens with zero attached hydrogens (tertiary/aromatic N) is 1. The molecule has 100 valence electrons. The molecule has 0 spiro atoms. The molecule has 0 aliphatic carbocycles. The highest BCUT2D eigenvalue weighted by atomic mass is 16.4. The summed E-state index contributed by atoms with van der Waals surface area (Å²) in [6.45, 7) is 0. The van der Waals surface area contributed by atoms with Crippen LogP contribution in [0.25, 0.3) is 11.1 Å². The Morgan fingerprint density at radius 3 is 2.75 bits per heavy atom. The van der Waals surface area contributed by atoms with E-state index in [4.69, 9.17) is 4.42 Å². The van der Waals surface area contributed by atoms with Crippen LogP contribution in [0, 0.1) is 0 Å². The van der Waals surface area contributed by atoms with E-state index >= 15 is 0 Å². The second-order valence-corrected chi connectivity index (χ2v) is 4.43. The van der Waals surface area contributed by atoms with Gasteiger partial charge in [-0.05, 0) is 17.7 Å². The Labute approximate surface area is 114 Å². The van der Waals surface area contributed by atoms with Gasteiger partial charge in [-0.25, -0.2) is 4.79 Å². The molecule has 1 aromatic heterocycles. The molecule has 0 amide bonds. The van der Waals surface area contributed by atoms with Gasteiger partial charge in [0.1, 0.15) is 0 Å². The van der Waals surface area contributed by atoms with Crippen molar-refractivity contribution >= 4 is 16.8 Å². The third-order valence-corrected chi connectivity index (χ3v) is 3.09. The standard InChI is InChI=1S/C15H12N2O3/c18-15-16-12-7-6-11(9-14(12)20-15)13(17-19)8-10-4-2-1-3-5-10/h1-7,9,19H,8H2,(H,16,18)/b17-13+. The lowest BCUT2D eigenvalue weighted by Crippen LogP contribution is -2.05. The van der Waals surface area contributed by atoms with E-state index in [9.17, 15) is 10.0 Å². The number of oxime groups is 1. The van der Waals surface area contributed by atoms with Crippen LogP contribution in [0.3, 0.4) is 0 Å². The van der Waals surface area contributed by atoms with E-state index in [0.717, 1.165) is 5.56 Å². The SMILES string of the molecule is O=c1[nH]c2ccc(/C(Cc3ccccc3)=N/O)cc2o1. The third kappa shape index (κ3) is 2.33. The molecule has 0 saturated heterocycles. The van der Waals surface area contributed by atoms with Gasteiger partial charge in [0.25, 0.3) is 0 Å². The summed E-state index contributed by atoms with van der Waals surface area (Å²) in [6, 6.07) is 14.9. The maximum atomic E-state index is 11.1. The smallest absolute Gasteiger partial charge is 0.411 e. The highest BCUT2D eigenvalue weighted by molar-refractivity contribution is 6.03. The summed E-state index contributed by atoms with van der Waals surface area (Å²) in [6.07, 6.45) is 0.498. The lowest BCUT2D eigenvalue weighted by atomic mass is 10.0. The van der Waals surface area contributed by atoms with Crippen LogP contribution < -0.4 is 5.76 Å². The largest absolute Gasteiger partial charge is 0.417 e. The lowest BCUT2D eigenvalue weighted by molar-refractivity contribution is 0.318. The van der Waals surface area contributed by atoms with Crippen molar-refractivity contribution in [2.45, 2.75) is 6.42 Å². The normalized spacial score (nSPS) is 11.9. The number of H-pyrrole nitrogens is 1. The summed E-state index contributed by atoms with van der Waals surface area (Å²) in [5.41, 5.74) is 3.34. The monoisotopic (exact) mass is 268 g/mol. The van der Waals surface area contributed by atoms with Gasteiger partial charge in [0.15, 0.2) is 5.58 Å². The molecular weight excluding hydrogens is 256 g/mol. The number of hydrogen-bond donors (Lipinski definition) is 2. The number of oxazole rings is 1. The molecule has 0 radical (unpaired) electrons. The Morgan fingerprint density at radius 1 is 1.20 bits per heavy atom. The molecular formula is C15H12N2O3. The Kier molecular flexibility index (Phi) is 3.09. The van der Waals surface area contributed by atoms with Crippen molar-refractivity contribution < 1.29 is 9.62 Å². The molecule has 0 fully saturated rings. The summed E-state index contributed by atoms with van der Waals surface area (Å²) in [4.78, 5) is 13.7. The highest BCUT2D eigenvalue weighted by Gasteiger charge is 2.09. The van der Waals surface area contributed by atoms with Gasteiger partial charge in [0, 0.05) is 12.0 Å². The first kappa shape index (κ1) is 12.2. The van der Waals surface area contributed by atoms with Crippen molar-refractivity contribution in [1.82, 2.24) is 4.98 Å². The minimum absolute atomic E-state index is 0.446. The van der Waals surface area contributed by atoms with E-state index in [2.05, 4.69) is 10.1 Å². The first-order chi connectivity index (χ1) is 9.76. The number of benzene rings is 2. The van der Waals surface area contributed by atoms with Crippen LogP contribution in [0.1, 0.15) is 11.1 Å². The van der Waals surface area contributed by atoms with Crippen molar-refractivity contribution in [2.24, 2.45) is 5.16 Å². The lowest BCUT2D eigenvalue weighted by Gasteiger charge is -2.04. The number of nitrogens with one attached hydrogen (secondary N) is 1. The first-order valence-corrected chi connectivity index (χ1v) is 6.14. The van der Waals surface area contributed by atoms with Crippen molar-refractivity contribution in [3.8, 4) is 0 Å². The molecule has 1 heterocycles. The topological polar surface area (TPSA) is 78.6 Å². The number of aromatic nitrogens is 1. The molecule has 2 N–H and O–H groups in total. The van der Waals surface area contributed by atoms with E-state index in [1.54, 1.807) is 18.2 Å². The number of aromatic amines is 1. The predicted octanol–water partition coefficient (Wildman–Crippen LogP) is 2.54. The van der Waals surface area contributed by atoms with E-state index < -0.39 is 5.76 Å². The predicted molar refractivity (Wildman–Crippen MR) is 75.3 cm³/mol. The van der Waals surface area contributed by atoms with E-state index in [0.29, 0.717) is 28.8 Å². The van der Waals surface area contributed by atoms with E-state index in [1.807, 2.05) is 30.3 Å². The summed E-state index contributed by atoms with van der Waals surface area (Å²) >= 11 is 0. The summed E-state index contributed by atoms with van der Waals surface area (Å²) in [7, 11) is 0. The van der Waals surface area contributed by atoms with Crippen LogP contribution in [-0.4, -0.2) is 15.9 Å². The van der Waals surface area contributed by atoms with E-state index in [-0.39, 0.29) is 0 Å². The average Bonchev–Trinajstić information content (AvgIpc) is 2.85. The quantitative estimate of drug-likeness (QED) is 0.435. The molecule has 0 aliphatic rings. The first-order valence-electron chi connectivity index (χ1n) is 6.14. The van der Waals surface area contributed by atoms with Crippen LogP contribution >= 0.6 is 0 Å². The van der Waals surface area contributed by atoms with Crippen LogP contribution in [-0.2, 0) is 6.42 Å². The van der Waals surface area contributed by atoms with Crippen molar-refractivity contribution in [3.63, 3.8) is 0 Å². The Bertz CT molecular complexity index is 816. The maximum absolute atomic E-state index is 11.1. The highest BCUT2D eigenvalue weighted by Crippen LogP contribution is 2.15. The van der Waals surface area contributed by atoms with E-state index in [1.165, 1.54) is 0 Å². The minimum Gasteiger partial charge on any atom is -0.411 e. The maximum Gasteiger partial charge on any atom is 0.417 e. The van der Waals surface area contributed by atoms with Crippen LogP contribution in [0.2, 0.25) is 0 Å². The van der Waals surface area contributed by atoms with Gasteiger partial charge in [0.05, 0.1) is 11.2 Å². The van der Waals surface area contributed by atoms with Gasteiger partial charge in [0.2, 0.25) is 0 Å². The third-order valence-electron chi connectivity index (χ3n) is 3.09. The minimum atomic E-state index is -0.498. The number of fused-ring (bicyclic) bond motifs is 1. The van der Waals surface area contributed by atoms with Gasteiger partial charge >= 0.3 is 5.76 Å². The molecule has 0 saturated carbocycles. The van der Waals surface area contributed by atoms with Crippen molar-refractivity contribution in [3.05, 3.63) is 70.2 Å². The molecule has 0 aliphatic heterocycles. The zero-order valence-corrected chi connectivity index (χ0v) is 10.5. The molecule has 5 heteroatoms. The second-order valence-electron chi connectivity index (χ2n) is 4.43. The fourth-order valence-electron chi connectivity index (χ4n) is 2.11. The van der Waals surface area contributed by atoms with Crippen LogP contribution in [0.15, 0.2) is 62.9 Å². The van der Waals surface area contributed by atoms with Crippen molar-refractivity contribution in [2.75, 3.05) is 0 Å². The second kappa shape index (κ2) is 5.05. The van der Waals surface area contributed by atoms with Gasteiger partial charge in [-0.2, -0.15) is 0 Å². The molecule has 2 aromatic carbocycles. The van der Waals surface area contributed by atoms with Gasteiger partial charge < -0.3 is 9.62 Å². The Balaban J connectivity index is 1.97. The number of rotatable bonds is 3. The Hall–Kier alpha value is -2.82. The molecule has 0 atom stereocenters. The molecule has 20 heavy (non-hydrogen) atoms.